The topological polar surface area (TPSA) is 60.9 Å². The van der Waals surface area contributed by atoms with E-state index < -0.39 is 38.9 Å². The summed E-state index contributed by atoms with van der Waals surface area (Å²) in [6.07, 6.45) is -2.24. The first kappa shape index (κ1) is 25.3. The lowest BCUT2D eigenvalue weighted by Gasteiger charge is -2.47. The molecule has 11 heteroatoms. The van der Waals surface area contributed by atoms with Crippen LogP contribution in [-0.4, -0.2) is 36.5 Å². The van der Waals surface area contributed by atoms with Gasteiger partial charge in [0.2, 0.25) is 0 Å². The molecule has 1 saturated heterocycles. The van der Waals surface area contributed by atoms with Crippen molar-refractivity contribution in [2.24, 2.45) is 0 Å². The Balaban J connectivity index is 0.00000306. The van der Waals surface area contributed by atoms with Gasteiger partial charge in [0, 0.05) is 24.5 Å². The number of alkyl halides is 3. The maximum atomic E-state index is 13.8. The number of phenolic OH excluding ortho intramolecular Hbond substituents is 1. The molecule has 1 N–H and O–H groups in total. The van der Waals surface area contributed by atoms with Crippen LogP contribution in [0.2, 0.25) is 0 Å². The van der Waals surface area contributed by atoms with Crippen LogP contribution in [0.1, 0.15) is 30.9 Å². The molecule has 1 spiro atoms. The highest BCUT2D eigenvalue weighted by Gasteiger charge is 2.49. The van der Waals surface area contributed by atoms with E-state index in [-0.39, 0.29) is 30.7 Å². The zero-order valence-corrected chi connectivity index (χ0v) is 19.2. The lowest BCUT2D eigenvalue weighted by molar-refractivity contribution is -0.138. The normalized spacial score (nSPS) is 24.8. The minimum atomic E-state index is -4.66. The molecule has 0 saturated carbocycles. The van der Waals surface area contributed by atoms with Gasteiger partial charge in [0.05, 0.1) is 16.8 Å². The summed E-state index contributed by atoms with van der Waals surface area (Å²) in [6, 6.07) is 8.66. The summed E-state index contributed by atoms with van der Waals surface area (Å²) in [6.45, 7) is 2.53. The molecule has 2 aromatic carbocycles. The molecular weight excluding hydrogens is 484 g/mol. The number of nitrogens with zero attached hydrogens (tertiary/aromatic N) is 2. The van der Waals surface area contributed by atoms with Crippen LogP contribution in [0.3, 0.4) is 0 Å². The zero-order valence-electron chi connectivity index (χ0n) is 17.6. The molecule has 0 radical (unpaired) electrons. The van der Waals surface area contributed by atoms with Crippen molar-refractivity contribution < 1.29 is 31.1 Å². The molecule has 4 rings (SSSR count). The van der Waals surface area contributed by atoms with Crippen molar-refractivity contribution in [1.82, 2.24) is 4.90 Å². The van der Waals surface area contributed by atoms with Gasteiger partial charge in [0.25, 0.3) is 10.0 Å². The molecular formula is C22H23ClF4N2O3S. The van der Waals surface area contributed by atoms with Crippen molar-refractivity contribution in [3.05, 3.63) is 70.9 Å². The van der Waals surface area contributed by atoms with Crippen LogP contribution in [0.15, 0.2) is 53.9 Å². The number of anilines is 1. The van der Waals surface area contributed by atoms with Gasteiger partial charge in [-0.05, 0) is 61.7 Å². The summed E-state index contributed by atoms with van der Waals surface area (Å²) >= 11 is 0. The van der Waals surface area contributed by atoms with Gasteiger partial charge in [-0.3, -0.25) is 9.21 Å². The smallest absolute Gasteiger partial charge is 0.419 e. The number of piperidine rings is 1. The van der Waals surface area contributed by atoms with E-state index in [2.05, 4.69) is 0 Å². The van der Waals surface area contributed by atoms with Crippen LogP contribution >= 0.6 is 12.4 Å². The summed E-state index contributed by atoms with van der Waals surface area (Å²) in [7, 11) is -3.78. The number of benzene rings is 2. The average Bonchev–Trinajstić information content (AvgIpc) is 2.94. The minimum absolute atomic E-state index is 0. The second kappa shape index (κ2) is 8.81. The molecule has 2 heterocycles. The van der Waals surface area contributed by atoms with E-state index in [4.69, 9.17) is 0 Å². The molecule has 2 atom stereocenters. The first-order valence-electron chi connectivity index (χ1n) is 10.0. The number of hydrogen-bond donors (Lipinski definition) is 1. The van der Waals surface area contributed by atoms with Gasteiger partial charge in [-0.25, -0.2) is 12.8 Å². The predicted molar refractivity (Wildman–Crippen MR) is 119 cm³/mol. The Kier molecular flexibility index (Phi) is 6.76. The standard InChI is InChI=1S/C22H22F4N2O3S.ClH/c1-15-13-21(8-10-32(30,31)28(21)18-4-2-3-17(23)12-18)7-9-27(15)14-16-5-6-20(29)19(11-16)22(24,25)26;/h2-6,8,10-12,15,29H,7,9,13-14H2,1H3;1H/t15-,21-;/m0./s1. The second-order valence-corrected chi connectivity index (χ2v) is 9.99. The summed E-state index contributed by atoms with van der Waals surface area (Å²) in [5, 5.41) is 10.7. The molecule has 0 aliphatic carbocycles. The number of hydrogen-bond acceptors (Lipinski definition) is 4. The lowest BCUT2D eigenvalue weighted by Crippen LogP contribution is -2.56. The van der Waals surface area contributed by atoms with Crippen LogP contribution in [0.4, 0.5) is 23.2 Å². The fourth-order valence-electron chi connectivity index (χ4n) is 4.62. The summed E-state index contributed by atoms with van der Waals surface area (Å²) < 4.78 is 79.9. The molecule has 0 unspecified atom stereocenters. The van der Waals surface area contributed by atoms with Crippen LogP contribution in [0, 0.1) is 5.82 Å². The molecule has 0 amide bonds. The third-order valence-corrected chi connectivity index (χ3v) is 7.67. The average molecular weight is 507 g/mol. The number of aromatic hydroxyl groups is 1. The highest BCUT2D eigenvalue weighted by molar-refractivity contribution is 7.96. The molecule has 180 valence electrons. The van der Waals surface area contributed by atoms with E-state index in [0.29, 0.717) is 24.9 Å². The first-order chi connectivity index (χ1) is 14.9. The molecule has 2 aliphatic heterocycles. The Morgan fingerprint density at radius 2 is 1.91 bits per heavy atom. The quantitative estimate of drug-likeness (QED) is 0.591. The van der Waals surface area contributed by atoms with E-state index in [1.165, 1.54) is 28.6 Å². The third kappa shape index (κ3) is 4.83. The maximum absolute atomic E-state index is 13.8. The summed E-state index contributed by atoms with van der Waals surface area (Å²) in [5.41, 5.74) is -1.31. The van der Waals surface area contributed by atoms with Crippen LogP contribution in [0.25, 0.3) is 0 Å². The van der Waals surface area contributed by atoms with Gasteiger partial charge in [-0.1, -0.05) is 12.1 Å². The van der Waals surface area contributed by atoms with Gasteiger partial charge >= 0.3 is 6.18 Å². The largest absolute Gasteiger partial charge is 0.507 e. The number of rotatable bonds is 3. The van der Waals surface area contributed by atoms with Crippen molar-refractivity contribution in [2.75, 3.05) is 10.8 Å². The van der Waals surface area contributed by atoms with E-state index in [0.717, 1.165) is 17.5 Å². The highest BCUT2D eigenvalue weighted by Crippen LogP contribution is 2.44. The molecule has 2 aliphatic rings. The van der Waals surface area contributed by atoms with Crippen LogP contribution < -0.4 is 4.31 Å². The predicted octanol–water partition coefficient (Wildman–Crippen LogP) is 5.06. The summed E-state index contributed by atoms with van der Waals surface area (Å²) in [5.74, 6) is -1.36. The van der Waals surface area contributed by atoms with Crippen molar-refractivity contribution in [1.29, 1.82) is 0 Å². The van der Waals surface area contributed by atoms with Crippen molar-refractivity contribution in [3.8, 4) is 5.75 Å². The number of phenols is 1. The highest BCUT2D eigenvalue weighted by atomic mass is 35.5. The Hall–Kier alpha value is -2.30. The fraction of sp³-hybridized carbons (Fsp3) is 0.364. The van der Waals surface area contributed by atoms with E-state index in [9.17, 15) is 31.1 Å². The van der Waals surface area contributed by atoms with Crippen LogP contribution in [0.5, 0.6) is 5.75 Å². The molecule has 1 fully saturated rings. The van der Waals surface area contributed by atoms with Gasteiger partial charge in [0.15, 0.2) is 0 Å². The van der Waals surface area contributed by atoms with Crippen molar-refractivity contribution in [2.45, 2.75) is 44.1 Å². The fourth-order valence-corrected chi connectivity index (χ4v) is 6.30. The van der Waals surface area contributed by atoms with E-state index in [1.807, 2.05) is 11.8 Å². The SMILES string of the molecule is C[C@H]1C[C@@]2(C=CS(=O)(=O)N2c2cccc(F)c2)CCN1Cc1ccc(O)c(C(F)(F)F)c1.Cl. The molecule has 5 nitrogen and oxygen atoms in total. The first-order valence-corrected chi connectivity index (χ1v) is 11.5. The van der Waals surface area contributed by atoms with Crippen molar-refractivity contribution >= 4 is 28.1 Å². The van der Waals surface area contributed by atoms with E-state index >= 15 is 0 Å². The van der Waals surface area contributed by atoms with Crippen LogP contribution in [-0.2, 0) is 22.7 Å². The van der Waals surface area contributed by atoms with Gasteiger partial charge < -0.3 is 5.11 Å². The van der Waals surface area contributed by atoms with Crippen molar-refractivity contribution in [3.63, 3.8) is 0 Å². The molecule has 0 aromatic heterocycles. The Morgan fingerprint density at radius 3 is 2.55 bits per heavy atom. The Morgan fingerprint density at radius 1 is 1.18 bits per heavy atom. The minimum Gasteiger partial charge on any atom is -0.507 e. The Bertz CT molecular complexity index is 1170. The zero-order chi connectivity index (χ0) is 23.3. The van der Waals surface area contributed by atoms with Gasteiger partial charge in [0.1, 0.15) is 11.6 Å². The number of sulfonamides is 1. The maximum Gasteiger partial charge on any atom is 0.419 e. The Labute approximate surface area is 195 Å². The lowest BCUT2D eigenvalue weighted by atomic mass is 9.83. The number of halogens is 5. The molecule has 0 bridgehead atoms. The number of likely N-dealkylation sites (tertiary alicyclic amines) is 1. The third-order valence-electron chi connectivity index (χ3n) is 6.11. The summed E-state index contributed by atoms with van der Waals surface area (Å²) in [4.78, 5) is 1.97. The van der Waals surface area contributed by atoms with Gasteiger partial charge in [-0.15, -0.1) is 12.4 Å². The molecule has 33 heavy (non-hydrogen) atoms. The molecule has 2 aromatic rings. The van der Waals surface area contributed by atoms with Gasteiger partial charge in [-0.2, -0.15) is 13.2 Å². The van der Waals surface area contributed by atoms with E-state index in [1.54, 1.807) is 12.1 Å². The monoisotopic (exact) mass is 506 g/mol. The second-order valence-electron chi connectivity index (χ2n) is 8.32.